The van der Waals surface area contributed by atoms with Gasteiger partial charge in [0.05, 0.1) is 6.61 Å². The molecule has 0 spiro atoms. The number of rotatable bonds is 2. The summed E-state index contributed by atoms with van der Waals surface area (Å²) in [6.07, 6.45) is -1.66. The summed E-state index contributed by atoms with van der Waals surface area (Å²) in [7, 11) is 0. The number of hydrogen-bond donors (Lipinski definition) is 3. The highest BCUT2D eigenvalue weighted by Crippen LogP contribution is 2.01. The number of amides is 4. The molecule has 8 heteroatoms. The van der Waals surface area contributed by atoms with Crippen LogP contribution in [0, 0.1) is 0 Å². The minimum Gasteiger partial charge on any atom is -0.412 e. The summed E-state index contributed by atoms with van der Waals surface area (Å²) in [6.45, 7) is -1.19. The lowest BCUT2D eigenvalue weighted by Gasteiger charge is -2.13. The molecule has 1 fully saturated rings. The van der Waals surface area contributed by atoms with E-state index in [2.05, 4.69) is 0 Å². The molecule has 0 saturated carbocycles. The third-order valence-corrected chi connectivity index (χ3v) is 1.52. The average Bonchev–Trinajstić information content (AvgIpc) is 2.42. The first kappa shape index (κ1) is 12.5. The fourth-order valence-electron chi connectivity index (χ4n) is 0.878. The SMILES string of the molecule is O.O=C1CN(C(=O)C(O)CO)C(=O)N1. The highest BCUT2D eigenvalue weighted by atomic mass is 16.3. The van der Waals surface area contributed by atoms with E-state index in [1.54, 1.807) is 0 Å². The monoisotopic (exact) mass is 206 g/mol. The largest absolute Gasteiger partial charge is 0.412 e. The van der Waals surface area contributed by atoms with Crippen LogP contribution in [0.4, 0.5) is 4.79 Å². The summed E-state index contributed by atoms with van der Waals surface area (Å²) in [4.78, 5) is 33.0. The first-order valence-electron chi connectivity index (χ1n) is 3.50. The van der Waals surface area contributed by atoms with Gasteiger partial charge in [0.1, 0.15) is 6.54 Å². The van der Waals surface area contributed by atoms with Crippen molar-refractivity contribution in [1.29, 1.82) is 0 Å². The molecular weight excluding hydrogens is 196 g/mol. The molecule has 0 radical (unpaired) electrons. The Morgan fingerprint density at radius 2 is 2.14 bits per heavy atom. The van der Waals surface area contributed by atoms with Gasteiger partial charge in [-0.1, -0.05) is 0 Å². The number of hydrogen-bond acceptors (Lipinski definition) is 5. The van der Waals surface area contributed by atoms with E-state index in [1.807, 2.05) is 5.32 Å². The van der Waals surface area contributed by atoms with Crippen molar-refractivity contribution in [3.63, 3.8) is 0 Å². The van der Waals surface area contributed by atoms with E-state index in [9.17, 15) is 14.4 Å². The van der Waals surface area contributed by atoms with E-state index in [0.717, 1.165) is 0 Å². The summed E-state index contributed by atoms with van der Waals surface area (Å²) in [5.41, 5.74) is 0. The molecule has 1 saturated heterocycles. The molecule has 1 heterocycles. The maximum Gasteiger partial charge on any atom is 0.331 e. The van der Waals surface area contributed by atoms with E-state index in [-0.39, 0.29) is 5.48 Å². The van der Waals surface area contributed by atoms with Crippen molar-refractivity contribution < 1.29 is 30.1 Å². The van der Waals surface area contributed by atoms with Gasteiger partial charge < -0.3 is 15.7 Å². The lowest BCUT2D eigenvalue weighted by molar-refractivity contribution is -0.139. The van der Waals surface area contributed by atoms with Crippen LogP contribution < -0.4 is 5.32 Å². The second-order valence-corrected chi connectivity index (χ2v) is 2.48. The highest BCUT2D eigenvalue weighted by Gasteiger charge is 2.34. The normalized spacial score (nSPS) is 17.4. The van der Waals surface area contributed by atoms with Crippen molar-refractivity contribution in [3.05, 3.63) is 0 Å². The average molecular weight is 206 g/mol. The van der Waals surface area contributed by atoms with Gasteiger partial charge in [-0.05, 0) is 0 Å². The maximum absolute atomic E-state index is 11.0. The number of nitrogens with one attached hydrogen (secondary N) is 1. The molecule has 8 nitrogen and oxygen atoms in total. The Morgan fingerprint density at radius 1 is 1.57 bits per heavy atom. The summed E-state index contributed by atoms with van der Waals surface area (Å²) in [5, 5.41) is 19.1. The van der Waals surface area contributed by atoms with Crippen LogP contribution in [0.3, 0.4) is 0 Å². The van der Waals surface area contributed by atoms with Crippen molar-refractivity contribution in [3.8, 4) is 0 Å². The van der Waals surface area contributed by atoms with Gasteiger partial charge in [-0.3, -0.25) is 19.8 Å². The molecule has 1 rings (SSSR count). The summed E-state index contributed by atoms with van der Waals surface area (Å²) in [5.74, 6) is -1.59. The molecule has 0 aromatic heterocycles. The van der Waals surface area contributed by atoms with Crippen LogP contribution in [0.5, 0.6) is 0 Å². The first-order valence-corrected chi connectivity index (χ1v) is 3.50. The Kier molecular flexibility index (Phi) is 4.15. The zero-order valence-corrected chi connectivity index (χ0v) is 7.06. The number of carbonyl (C=O) groups is 3. The maximum atomic E-state index is 11.0. The molecule has 4 amide bonds. The molecule has 0 aromatic rings. The fraction of sp³-hybridized carbons (Fsp3) is 0.500. The minimum atomic E-state index is -1.66. The Hall–Kier alpha value is -1.51. The van der Waals surface area contributed by atoms with Crippen molar-refractivity contribution in [2.75, 3.05) is 13.2 Å². The second-order valence-electron chi connectivity index (χ2n) is 2.48. The molecule has 5 N–H and O–H groups in total. The van der Waals surface area contributed by atoms with Gasteiger partial charge in [0, 0.05) is 0 Å². The smallest absolute Gasteiger partial charge is 0.331 e. The molecule has 80 valence electrons. The standard InChI is InChI=1S/C6H8N2O5.H2O/c9-2-3(10)5(12)8-1-4(11)7-6(8)13;/h3,9-10H,1-2H2,(H,7,11,13);1H2. The van der Waals surface area contributed by atoms with Gasteiger partial charge >= 0.3 is 6.03 Å². The van der Waals surface area contributed by atoms with Crippen LogP contribution in [0.1, 0.15) is 0 Å². The van der Waals surface area contributed by atoms with Gasteiger partial charge in [-0.2, -0.15) is 0 Å². The Bertz CT molecular complexity index is 265. The topological polar surface area (TPSA) is 138 Å². The van der Waals surface area contributed by atoms with E-state index in [1.165, 1.54) is 0 Å². The predicted octanol–water partition coefficient (Wildman–Crippen LogP) is -3.41. The van der Waals surface area contributed by atoms with Crippen LogP contribution in [0.15, 0.2) is 0 Å². The Labute approximate surface area is 78.4 Å². The van der Waals surface area contributed by atoms with Crippen LogP contribution >= 0.6 is 0 Å². The van der Waals surface area contributed by atoms with Crippen LogP contribution in [0.2, 0.25) is 0 Å². The number of carbonyl (C=O) groups excluding carboxylic acids is 3. The van der Waals surface area contributed by atoms with Gasteiger partial charge in [-0.15, -0.1) is 0 Å². The highest BCUT2D eigenvalue weighted by molar-refractivity contribution is 6.10. The van der Waals surface area contributed by atoms with Gasteiger partial charge in [0.15, 0.2) is 6.10 Å². The van der Waals surface area contributed by atoms with Crippen molar-refractivity contribution >= 4 is 17.8 Å². The minimum absolute atomic E-state index is 0. The lowest BCUT2D eigenvalue weighted by atomic mass is 10.3. The Morgan fingerprint density at radius 3 is 2.50 bits per heavy atom. The van der Waals surface area contributed by atoms with E-state index < -0.39 is 37.1 Å². The van der Waals surface area contributed by atoms with E-state index in [4.69, 9.17) is 10.2 Å². The van der Waals surface area contributed by atoms with Crippen LogP contribution in [-0.2, 0) is 9.59 Å². The van der Waals surface area contributed by atoms with E-state index >= 15 is 0 Å². The second kappa shape index (κ2) is 4.65. The number of urea groups is 1. The third kappa shape index (κ3) is 2.25. The number of aliphatic hydroxyl groups is 2. The van der Waals surface area contributed by atoms with Crippen LogP contribution in [0.25, 0.3) is 0 Å². The molecule has 0 aromatic carbocycles. The Balaban J connectivity index is 0.00000169. The number of imide groups is 2. The number of nitrogens with zero attached hydrogens (tertiary/aromatic N) is 1. The molecule has 1 unspecified atom stereocenters. The first-order chi connectivity index (χ1) is 6.06. The third-order valence-electron chi connectivity index (χ3n) is 1.52. The van der Waals surface area contributed by atoms with Crippen molar-refractivity contribution in [1.82, 2.24) is 10.2 Å². The van der Waals surface area contributed by atoms with Crippen molar-refractivity contribution in [2.45, 2.75) is 6.10 Å². The molecular formula is C6H10N2O6. The van der Waals surface area contributed by atoms with Gasteiger partial charge in [0.25, 0.3) is 5.91 Å². The summed E-state index contributed by atoms with van der Waals surface area (Å²) in [6, 6.07) is -0.873. The zero-order valence-electron chi connectivity index (χ0n) is 7.06. The summed E-state index contributed by atoms with van der Waals surface area (Å²) >= 11 is 0. The van der Waals surface area contributed by atoms with Gasteiger partial charge in [0.2, 0.25) is 5.91 Å². The fourth-order valence-corrected chi connectivity index (χ4v) is 0.878. The van der Waals surface area contributed by atoms with Crippen molar-refractivity contribution in [2.24, 2.45) is 0 Å². The quantitative estimate of drug-likeness (QED) is 0.404. The van der Waals surface area contributed by atoms with Gasteiger partial charge in [-0.25, -0.2) is 4.79 Å². The molecule has 1 atom stereocenters. The zero-order chi connectivity index (χ0) is 10.0. The molecule has 0 bridgehead atoms. The lowest BCUT2D eigenvalue weighted by Crippen LogP contribution is -2.42. The number of aliphatic hydroxyl groups excluding tert-OH is 2. The van der Waals surface area contributed by atoms with Crippen LogP contribution in [-0.4, -0.2) is 57.7 Å². The molecule has 0 aliphatic carbocycles. The van der Waals surface area contributed by atoms with E-state index in [0.29, 0.717) is 4.90 Å². The molecule has 14 heavy (non-hydrogen) atoms. The molecule has 1 aliphatic rings. The molecule has 1 aliphatic heterocycles. The predicted molar refractivity (Wildman–Crippen MR) is 42.0 cm³/mol. The summed E-state index contributed by atoms with van der Waals surface area (Å²) < 4.78 is 0.